The van der Waals surface area contributed by atoms with E-state index >= 15 is 0 Å². The van der Waals surface area contributed by atoms with Crippen molar-refractivity contribution in [2.75, 3.05) is 11.3 Å². The largest absolute Gasteiger partial charge is 0.573 e. The molecule has 0 amide bonds. The average molecular weight is 462 g/mol. The maximum Gasteiger partial charge on any atom is 0.573 e. The van der Waals surface area contributed by atoms with Crippen LogP contribution < -0.4 is 15.2 Å². The van der Waals surface area contributed by atoms with Crippen molar-refractivity contribution in [2.45, 2.75) is 11.3 Å². The third-order valence-electron chi connectivity index (χ3n) is 4.48. The maximum atomic E-state index is 12.5. The average Bonchev–Trinajstić information content (AvgIpc) is 3.22. The molecule has 0 unspecified atom stereocenters. The topological polar surface area (TPSA) is 76.5 Å². The van der Waals surface area contributed by atoms with Gasteiger partial charge in [-0.2, -0.15) is 5.10 Å². The summed E-state index contributed by atoms with van der Waals surface area (Å²) in [6, 6.07) is 13.6. The maximum absolute atomic E-state index is 12.5. The number of sulfone groups is 1. The van der Waals surface area contributed by atoms with E-state index in [4.69, 9.17) is 0 Å². The van der Waals surface area contributed by atoms with Gasteiger partial charge in [0, 0.05) is 18.5 Å². The molecule has 32 heavy (non-hydrogen) atoms. The van der Waals surface area contributed by atoms with Crippen LogP contribution in [0.5, 0.6) is 5.75 Å². The fourth-order valence-electron chi connectivity index (χ4n) is 3.11. The van der Waals surface area contributed by atoms with Crippen molar-refractivity contribution in [3.63, 3.8) is 0 Å². The van der Waals surface area contributed by atoms with E-state index in [1.165, 1.54) is 35.3 Å². The summed E-state index contributed by atoms with van der Waals surface area (Å²) in [6.07, 6.45) is 3.02. The number of hydrogen-bond acceptors (Lipinski definition) is 6. The van der Waals surface area contributed by atoms with Crippen LogP contribution >= 0.6 is 0 Å². The van der Waals surface area contributed by atoms with E-state index in [0.717, 1.165) is 6.26 Å². The number of anilines is 1. The predicted molar refractivity (Wildman–Crippen MR) is 113 cm³/mol. The molecule has 0 saturated heterocycles. The van der Waals surface area contributed by atoms with E-state index in [-0.39, 0.29) is 10.6 Å². The van der Waals surface area contributed by atoms with E-state index in [2.05, 4.69) is 15.3 Å². The Morgan fingerprint density at radius 1 is 1.03 bits per heavy atom. The van der Waals surface area contributed by atoms with Crippen LogP contribution in [-0.2, 0) is 9.84 Å². The number of alkyl halides is 3. The summed E-state index contributed by atoms with van der Waals surface area (Å²) < 4.78 is 67.0. The number of ether oxygens (including phenoxy) is 1. The second kappa shape index (κ2) is 8.08. The molecule has 0 bridgehead atoms. The number of rotatable bonds is 5. The molecule has 0 spiro atoms. The van der Waals surface area contributed by atoms with Gasteiger partial charge < -0.3 is 4.74 Å². The highest BCUT2D eigenvalue weighted by Gasteiger charge is 2.31. The van der Waals surface area contributed by atoms with Crippen molar-refractivity contribution in [1.29, 1.82) is 0 Å². The van der Waals surface area contributed by atoms with Crippen molar-refractivity contribution in [2.24, 2.45) is 0 Å². The van der Waals surface area contributed by atoms with Gasteiger partial charge in [0.05, 0.1) is 33.9 Å². The lowest BCUT2D eigenvalue weighted by Gasteiger charge is -2.27. The van der Waals surface area contributed by atoms with Crippen LogP contribution in [0.25, 0.3) is 11.4 Å². The van der Waals surface area contributed by atoms with Crippen LogP contribution in [-0.4, -0.2) is 30.8 Å². The highest BCUT2D eigenvalue weighted by molar-refractivity contribution is 7.90. The second-order valence-corrected chi connectivity index (χ2v) is 8.86. The monoisotopic (exact) mass is 462 g/mol. The number of halogens is 3. The minimum atomic E-state index is -4.79. The van der Waals surface area contributed by atoms with E-state index in [1.54, 1.807) is 53.5 Å². The highest BCUT2D eigenvalue weighted by atomic mass is 32.2. The van der Waals surface area contributed by atoms with Crippen LogP contribution in [0.15, 0.2) is 84.0 Å². The molecule has 0 aliphatic carbocycles. The molecule has 1 aliphatic heterocycles. The Bertz CT molecular complexity index is 1310. The van der Waals surface area contributed by atoms with Crippen molar-refractivity contribution >= 4 is 21.2 Å². The van der Waals surface area contributed by atoms with Crippen LogP contribution in [0.2, 0.25) is 0 Å². The second-order valence-electron chi connectivity index (χ2n) is 6.85. The van der Waals surface area contributed by atoms with Gasteiger partial charge in [-0.25, -0.2) is 13.1 Å². The molecule has 2 aromatic carbocycles. The first-order valence-corrected chi connectivity index (χ1v) is 11.1. The Hall–Kier alpha value is -3.73. The summed E-state index contributed by atoms with van der Waals surface area (Å²) in [4.78, 5) is 0.157. The molecule has 0 atom stereocenters. The zero-order valence-corrected chi connectivity index (χ0v) is 17.4. The van der Waals surface area contributed by atoms with Crippen molar-refractivity contribution < 1.29 is 26.3 Å². The van der Waals surface area contributed by atoms with Gasteiger partial charge >= 0.3 is 6.36 Å². The normalized spacial score (nSPS) is 14.1. The molecule has 4 rings (SSSR count). The van der Waals surface area contributed by atoms with Gasteiger partial charge in [-0.1, -0.05) is 12.1 Å². The Labute approximate surface area is 181 Å². The quantitative estimate of drug-likeness (QED) is 0.617. The van der Waals surface area contributed by atoms with E-state index in [0.29, 0.717) is 22.8 Å². The molecule has 1 N–H and O–H groups in total. The van der Waals surface area contributed by atoms with E-state index in [1.807, 2.05) is 0 Å². The third kappa shape index (κ3) is 4.78. The van der Waals surface area contributed by atoms with Gasteiger partial charge in [0.2, 0.25) is 0 Å². The number of allylic oxidation sites excluding steroid dienone is 2. The minimum absolute atomic E-state index is 0.157. The standard InChI is InChI=1S/C21H17F3N4O3S/c1-32(29,30)18-8-3-6-16(14-18)28-20(10-11-25-28)19-9-4-12-27(26-19)15-5-2-7-17(13-15)31-21(22,23)24/h2-14,26H,1H3. The minimum Gasteiger partial charge on any atom is -0.406 e. The number of hydrazine groups is 1. The van der Waals surface area contributed by atoms with Crippen LogP contribution in [0.1, 0.15) is 5.69 Å². The van der Waals surface area contributed by atoms with Gasteiger partial charge in [0.1, 0.15) is 5.75 Å². The zero-order valence-electron chi connectivity index (χ0n) is 16.6. The molecule has 0 saturated carbocycles. The smallest absolute Gasteiger partial charge is 0.406 e. The molecule has 1 aliphatic rings. The van der Waals surface area contributed by atoms with E-state index in [9.17, 15) is 21.6 Å². The molecular formula is C21H17F3N4O3S. The predicted octanol–water partition coefficient (Wildman–Crippen LogP) is 4.05. The first-order valence-electron chi connectivity index (χ1n) is 9.25. The molecule has 1 aromatic heterocycles. The van der Waals surface area contributed by atoms with Crippen molar-refractivity contribution in [1.82, 2.24) is 15.2 Å². The molecular weight excluding hydrogens is 445 g/mol. The lowest BCUT2D eigenvalue weighted by atomic mass is 10.2. The number of aromatic nitrogens is 2. The van der Waals surface area contributed by atoms with Gasteiger partial charge in [-0.15, -0.1) is 13.2 Å². The molecule has 2 heterocycles. The summed E-state index contributed by atoms with van der Waals surface area (Å²) >= 11 is 0. The molecule has 7 nitrogen and oxygen atoms in total. The SMILES string of the molecule is CS(=O)(=O)c1cccc(-n2nccc2C2=CC=CN(c3cccc(OC(F)(F)F)c3)N2)c1. The fraction of sp³-hybridized carbons (Fsp3) is 0.0952. The highest BCUT2D eigenvalue weighted by Crippen LogP contribution is 2.28. The van der Waals surface area contributed by atoms with Crippen molar-refractivity contribution in [3.05, 3.63) is 84.8 Å². The summed E-state index contributed by atoms with van der Waals surface area (Å²) in [7, 11) is -3.40. The molecule has 3 aromatic rings. The molecule has 166 valence electrons. The van der Waals surface area contributed by atoms with Gasteiger partial charge in [-0.3, -0.25) is 10.4 Å². The number of nitrogens with one attached hydrogen (secondary N) is 1. The summed E-state index contributed by atoms with van der Waals surface area (Å²) in [5.41, 5.74) is 5.28. The summed E-state index contributed by atoms with van der Waals surface area (Å²) in [5, 5.41) is 5.82. The van der Waals surface area contributed by atoms with Crippen molar-refractivity contribution in [3.8, 4) is 11.4 Å². The Kier molecular flexibility index (Phi) is 5.43. The fourth-order valence-corrected chi connectivity index (χ4v) is 3.77. The summed E-state index contributed by atoms with van der Waals surface area (Å²) in [5.74, 6) is -0.344. The number of hydrogen-bond donors (Lipinski definition) is 1. The first-order chi connectivity index (χ1) is 15.1. The Balaban J connectivity index is 1.62. The van der Waals surface area contributed by atoms with Gasteiger partial charge in [0.15, 0.2) is 9.84 Å². The zero-order chi connectivity index (χ0) is 22.9. The number of nitrogens with zero attached hydrogens (tertiary/aromatic N) is 3. The number of benzene rings is 2. The molecule has 0 radical (unpaired) electrons. The van der Waals surface area contributed by atoms with Gasteiger partial charge in [-0.05, 0) is 48.6 Å². The van der Waals surface area contributed by atoms with E-state index < -0.39 is 16.2 Å². The lowest BCUT2D eigenvalue weighted by molar-refractivity contribution is -0.274. The van der Waals surface area contributed by atoms with Crippen LogP contribution in [0.3, 0.4) is 0 Å². The molecule has 11 heteroatoms. The van der Waals surface area contributed by atoms with Crippen LogP contribution in [0, 0.1) is 0 Å². The van der Waals surface area contributed by atoms with Crippen LogP contribution in [0.4, 0.5) is 18.9 Å². The lowest BCUT2D eigenvalue weighted by Crippen LogP contribution is -2.34. The third-order valence-corrected chi connectivity index (χ3v) is 5.59. The Morgan fingerprint density at radius 2 is 1.78 bits per heavy atom. The first kappa shape index (κ1) is 21.5. The Morgan fingerprint density at radius 3 is 2.53 bits per heavy atom. The van der Waals surface area contributed by atoms with Gasteiger partial charge in [0.25, 0.3) is 0 Å². The molecule has 0 fully saturated rings. The summed E-state index contributed by atoms with van der Waals surface area (Å²) in [6.45, 7) is 0.